The van der Waals surface area contributed by atoms with Crippen molar-refractivity contribution in [2.24, 2.45) is 5.92 Å². The SMILES string of the molecule is Cc1cc(C(=O)NCc2cnc(OCC(F)(F)F)c(F)c2)nc(CC(=O)C(C)C)n1. The molecule has 1 amide bonds. The van der Waals surface area contributed by atoms with E-state index >= 15 is 0 Å². The zero-order valence-corrected chi connectivity index (χ0v) is 16.5. The Bertz CT molecular complexity index is 932. The monoisotopic (exact) mass is 428 g/mol. The number of aryl methyl sites for hydroxylation is 1. The highest BCUT2D eigenvalue weighted by atomic mass is 19.4. The lowest BCUT2D eigenvalue weighted by atomic mass is 10.1. The molecular weight excluding hydrogens is 408 g/mol. The first kappa shape index (κ1) is 23.2. The molecule has 0 aromatic carbocycles. The van der Waals surface area contributed by atoms with Gasteiger partial charge in [-0.2, -0.15) is 13.2 Å². The molecule has 2 rings (SSSR count). The van der Waals surface area contributed by atoms with Crippen molar-refractivity contribution in [3.8, 4) is 5.88 Å². The zero-order valence-electron chi connectivity index (χ0n) is 16.5. The molecule has 30 heavy (non-hydrogen) atoms. The van der Waals surface area contributed by atoms with Gasteiger partial charge in [-0.1, -0.05) is 13.8 Å². The van der Waals surface area contributed by atoms with Gasteiger partial charge in [0.1, 0.15) is 17.3 Å². The number of alkyl halides is 3. The van der Waals surface area contributed by atoms with Crippen molar-refractivity contribution >= 4 is 11.7 Å². The average Bonchev–Trinajstić information content (AvgIpc) is 2.64. The predicted octanol–water partition coefficient (Wildman–Crippen LogP) is 2.96. The number of halogens is 4. The van der Waals surface area contributed by atoms with Crippen LogP contribution in [0.15, 0.2) is 18.3 Å². The minimum atomic E-state index is -4.62. The number of carbonyl (C=O) groups is 2. The first-order valence-corrected chi connectivity index (χ1v) is 8.94. The third-order valence-corrected chi connectivity index (χ3v) is 3.80. The number of aromatic nitrogens is 3. The molecule has 0 spiro atoms. The number of carbonyl (C=O) groups excluding carboxylic acids is 2. The van der Waals surface area contributed by atoms with Crippen LogP contribution in [0.1, 0.15) is 41.4 Å². The van der Waals surface area contributed by atoms with Crippen molar-refractivity contribution in [3.63, 3.8) is 0 Å². The fourth-order valence-electron chi connectivity index (χ4n) is 2.28. The Morgan fingerprint density at radius 2 is 1.90 bits per heavy atom. The molecule has 0 atom stereocenters. The molecule has 2 aromatic rings. The molecule has 0 saturated heterocycles. The summed E-state index contributed by atoms with van der Waals surface area (Å²) in [6, 6.07) is 2.35. The topological polar surface area (TPSA) is 94.1 Å². The van der Waals surface area contributed by atoms with Gasteiger partial charge in [0.25, 0.3) is 11.8 Å². The fraction of sp³-hybridized carbons (Fsp3) is 0.421. The maximum atomic E-state index is 13.8. The van der Waals surface area contributed by atoms with Gasteiger partial charge in [0.2, 0.25) is 0 Å². The van der Waals surface area contributed by atoms with Gasteiger partial charge in [0.05, 0.1) is 6.42 Å². The van der Waals surface area contributed by atoms with Gasteiger partial charge in [0, 0.05) is 24.4 Å². The molecule has 2 heterocycles. The predicted molar refractivity (Wildman–Crippen MR) is 97.2 cm³/mol. The van der Waals surface area contributed by atoms with E-state index in [2.05, 4.69) is 25.0 Å². The van der Waals surface area contributed by atoms with Crippen LogP contribution in [0.25, 0.3) is 0 Å². The molecule has 162 valence electrons. The second-order valence-electron chi connectivity index (χ2n) is 6.83. The number of Topliss-reactive ketones (excluding diaryl/α,β-unsaturated/α-hetero) is 1. The number of ether oxygens (including phenoxy) is 1. The van der Waals surface area contributed by atoms with Crippen LogP contribution >= 0.6 is 0 Å². The molecule has 0 aliphatic heterocycles. The molecule has 0 aliphatic rings. The van der Waals surface area contributed by atoms with Gasteiger partial charge in [0.15, 0.2) is 12.4 Å². The van der Waals surface area contributed by atoms with Gasteiger partial charge in [-0.05, 0) is 24.6 Å². The quantitative estimate of drug-likeness (QED) is 0.650. The highest BCUT2D eigenvalue weighted by molar-refractivity contribution is 5.92. The van der Waals surface area contributed by atoms with Gasteiger partial charge in [-0.15, -0.1) is 0 Å². The van der Waals surface area contributed by atoms with Crippen LogP contribution in [0.5, 0.6) is 5.88 Å². The summed E-state index contributed by atoms with van der Waals surface area (Å²) < 4.78 is 54.5. The summed E-state index contributed by atoms with van der Waals surface area (Å²) in [5.74, 6) is -2.50. The maximum absolute atomic E-state index is 13.8. The molecule has 0 saturated carbocycles. The summed E-state index contributed by atoms with van der Waals surface area (Å²) in [6.45, 7) is 3.34. The fourth-order valence-corrected chi connectivity index (χ4v) is 2.28. The molecular formula is C19H20F4N4O3. The first-order chi connectivity index (χ1) is 13.9. The molecule has 0 bridgehead atoms. The zero-order chi connectivity index (χ0) is 22.5. The van der Waals surface area contributed by atoms with E-state index in [1.165, 1.54) is 6.07 Å². The van der Waals surface area contributed by atoms with E-state index in [0.717, 1.165) is 12.3 Å². The minimum absolute atomic E-state index is 0.00581. The first-order valence-electron chi connectivity index (χ1n) is 8.94. The number of rotatable bonds is 8. The van der Waals surface area contributed by atoms with Crippen LogP contribution in [0.4, 0.5) is 17.6 Å². The summed E-state index contributed by atoms with van der Waals surface area (Å²) in [4.78, 5) is 36.0. The van der Waals surface area contributed by atoms with Crippen molar-refractivity contribution in [2.75, 3.05) is 6.61 Å². The summed E-state index contributed by atoms with van der Waals surface area (Å²) in [5, 5.41) is 2.51. The van der Waals surface area contributed by atoms with Crippen molar-refractivity contribution in [1.82, 2.24) is 20.3 Å². The van der Waals surface area contributed by atoms with Crippen LogP contribution in [-0.2, 0) is 17.8 Å². The van der Waals surface area contributed by atoms with E-state index in [1.807, 2.05) is 0 Å². The molecule has 0 fully saturated rings. The second kappa shape index (κ2) is 9.59. The molecule has 0 radical (unpaired) electrons. The third-order valence-electron chi connectivity index (χ3n) is 3.80. The number of nitrogens with zero attached hydrogens (tertiary/aromatic N) is 3. The minimum Gasteiger partial charge on any atom is -0.466 e. The Morgan fingerprint density at radius 1 is 1.20 bits per heavy atom. The number of amides is 1. The second-order valence-corrected chi connectivity index (χ2v) is 6.83. The van der Waals surface area contributed by atoms with Crippen molar-refractivity contribution < 1.29 is 31.9 Å². The largest absolute Gasteiger partial charge is 0.466 e. The standard InChI is InChI=1S/C19H20F4N4O3/c1-10(2)15(28)6-16-26-11(3)4-14(27-16)17(29)24-7-12-5-13(20)18(25-8-12)30-9-19(21,22)23/h4-5,8,10H,6-7,9H2,1-3H3,(H,24,29). The van der Waals surface area contributed by atoms with E-state index in [-0.39, 0.29) is 41.7 Å². The van der Waals surface area contributed by atoms with Gasteiger partial charge in [-0.25, -0.2) is 19.3 Å². The molecule has 2 aromatic heterocycles. The number of hydrogen-bond donors (Lipinski definition) is 1. The van der Waals surface area contributed by atoms with E-state index in [4.69, 9.17) is 0 Å². The van der Waals surface area contributed by atoms with Crippen LogP contribution < -0.4 is 10.1 Å². The summed E-state index contributed by atoms with van der Waals surface area (Å²) in [7, 11) is 0. The lowest BCUT2D eigenvalue weighted by Gasteiger charge is -2.10. The Labute approximate surface area is 169 Å². The smallest absolute Gasteiger partial charge is 0.422 e. The van der Waals surface area contributed by atoms with E-state index in [1.54, 1.807) is 20.8 Å². The van der Waals surface area contributed by atoms with E-state index in [0.29, 0.717) is 5.69 Å². The number of nitrogens with one attached hydrogen (secondary N) is 1. The van der Waals surface area contributed by atoms with Crippen LogP contribution in [0, 0.1) is 18.7 Å². The highest BCUT2D eigenvalue weighted by Gasteiger charge is 2.29. The molecule has 7 nitrogen and oxygen atoms in total. The van der Waals surface area contributed by atoms with Crippen molar-refractivity contribution in [3.05, 3.63) is 46.9 Å². The van der Waals surface area contributed by atoms with Crippen LogP contribution in [0.3, 0.4) is 0 Å². The van der Waals surface area contributed by atoms with Crippen molar-refractivity contribution in [1.29, 1.82) is 0 Å². The Morgan fingerprint density at radius 3 is 2.50 bits per heavy atom. The highest BCUT2D eigenvalue weighted by Crippen LogP contribution is 2.20. The lowest BCUT2D eigenvalue weighted by Crippen LogP contribution is -2.25. The van der Waals surface area contributed by atoms with Crippen LogP contribution in [-0.4, -0.2) is 39.4 Å². The van der Waals surface area contributed by atoms with Crippen LogP contribution in [0.2, 0.25) is 0 Å². The summed E-state index contributed by atoms with van der Waals surface area (Å²) >= 11 is 0. The molecule has 11 heteroatoms. The number of ketones is 1. The normalized spacial score (nSPS) is 11.5. The maximum Gasteiger partial charge on any atom is 0.422 e. The summed E-state index contributed by atoms with van der Waals surface area (Å²) in [6.07, 6.45) is -3.53. The van der Waals surface area contributed by atoms with Crippen molar-refractivity contribution in [2.45, 2.75) is 39.9 Å². The van der Waals surface area contributed by atoms with E-state index < -0.39 is 30.4 Å². The Balaban J connectivity index is 2.02. The molecule has 0 aliphatic carbocycles. The molecule has 0 unspecified atom stereocenters. The Kier molecular flexibility index (Phi) is 7.41. The Hall–Kier alpha value is -3.11. The van der Waals surface area contributed by atoms with Gasteiger partial charge >= 0.3 is 6.18 Å². The van der Waals surface area contributed by atoms with Gasteiger partial charge in [-0.3, -0.25) is 9.59 Å². The summed E-state index contributed by atoms with van der Waals surface area (Å²) in [5.41, 5.74) is 0.745. The van der Waals surface area contributed by atoms with Gasteiger partial charge < -0.3 is 10.1 Å². The van der Waals surface area contributed by atoms with E-state index in [9.17, 15) is 27.2 Å². The lowest BCUT2D eigenvalue weighted by molar-refractivity contribution is -0.154. The third kappa shape index (κ3) is 7.05. The number of pyridine rings is 1. The number of hydrogen-bond acceptors (Lipinski definition) is 6. The average molecular weight is 428 g/mol. The molecule has 1 N–H and O–H groups in total.